The first-order valence-corrected chi connectivity index (χ1v) is 6.01. The summed E-state index contributed by atoms with van der Waals surface area (Å²) in [7, 11) is 0. The molecule has 1 fully saturated rings. The monoisotopic (exact) mass is 231 g/mol. The quantitative estimate of drug-likeness (QED) is 0.844. The average molecular weight is 231 g/mol. The Balaban J connectivity index is 1.91. The molecule has 90 valence electrons. The highest BCUT2D eigenvalue weighted by atomic mass is 15.2. The van der Waals surface area contributed by atoms with Gasteiger partial charge in [0.25, 0.3) is 0 Å². The number of likely N-dealkylation sites (tertiary alicyclic amines) is 1. The van der Waals surface area contributed by atoms with E-state index in [-0.39, 0.29) is 0 Å². The van der Waals surface area contributed by atoms with Gasteiger partial charge in [-0.2, -0.15) is 10.4 Å². The molecule has 0 aromatic carbocycles. The first kappa shape index (κ1) is 11.8. The van der Waals surface area contributed by atoms with Gasteiger partial charge in [-0.05, 0) is 38.9 Å². The predicted octanol–water partition coefficient (Wildman–Crippen LogP) is 1.24. The maximum Gasteiger partial charge on any atom is 0.166 e. The zero-order valence-electron chi connectivity index (χ0n) is 10.1. The molecule has 0 bridgehead atoms. The molecule has 1 saturated heterocycles. The van der Waals surface area contributed by atoms with Crippen molar-refractivity contribution in [2.45, 2.75) is 25.8 Å². The second-order valence-electron chi connectivity index (χ2n) is 4.38. The van der Waals surface area contributed by atoms with Crippen molar-refractivity contribution >= 4 is 5.82 Å². The molecule has 1 aromatic heterocycles. The van der Waals surface area contributed by atoms with Gasteiger partial charge >= 0.3 is 0 Å². The molecular formula is C12H17N5. The minimum atomic E-state index is 0.464. The summed E-state index contributed by atoms with van der Waals surface area (Å²) in [5.74, 6) is 0.584. The molecule has 17 heavy (non-hydrogen) atoms. The normalized spacial score (nSPS) is 17.6. The Morgan fingerprint density at radius 3 is 3.00 bits per heavy atom. The van der Waals surface area contributed by atoms with Crippen LogP contribution in [0, 0.1) is 11.3 Å². The summed E-state index contributed by atoms with van der Waals surface area (Å²) in [5, 5.41) is 19.9. The minimum absolute atomic E-state index is 0.464. The van der Waals surface area contributed by atoms with Crippen molar-refractivity contribution in [3.8, 4) is 6.07 Å². The van der Waals surface area contributed by atoms with Crippen LogP contribution in [-0.2, 0) is 0 Å². The van der Waals surface area contributed by atoms with Crippen LogP contribution < -0.4 is 5.32 Å². The molecular weight excluding hydrogens is 214 g/mol. The smallest absolute Gasteiger partial charge is 0.166 e. The fraction of sp³-hybridized carbons (Fsp3) is 0.583. The molecule has 0 aliphatic carbocycles. The van der Waals surface area contributed by atoms with Crippen molar-refractivity contribution < 1.29 is 0 Å². The number of nitrogens with zero attached hydrogens (tertiary/aromatic N) is 4. The Morgan fingerprint density at radius 2 is 2.29 bits per heavy atom. The van der Waals surface area contributed by atoms with Crippen LogP contribution >= 0.6 is 0 Å². The second kappa shape index (κ2) is 5.60. The standard InChI is InChI=1S/C12H17N5/c1-10(17-6-2-3-7-17)9-14-12-11(8-13)4-5-15-16-12/h4-5,10H,2-3,6-7,9H2,1H3,(H,14,16). The molecule has 1 aromatic rings. The van der Waals surface area contributed by atoms with Crippen molar-refractivity contribution in [3.63, 3.8) is 0 Å². The number of rotatable bonds is 4. The van der Waals surface area contributed by atoms with E-state index in [1.807, 2.05) is 0 Å². The molecule has 1 aliphatic rings. The molecule has 1 atom stereocenters. The van der Waals surface area contributed by atoms with Gasteiger partial charge in [-0.1, -0.05) is 0 Å². The van der Waals surface area contributed by atoms with Crippen LogP contribution in [0.2, 0.25) is 0 Å². The molecule has 2 heterocycles. The van der Waals surface area contributed by atoms with Crippen molar-refractivity contribution in [3.05, 3.63) is 17.8 Å². The van der Waals surface area contributed by atoms with Gasteiger partial charge in [0, 0.05) is 12.6 Å². The van der Waals surface area contributed by atoms with Crippen LogP contribution in [0.25, 0.3) is 0 Å². The lowest BCUT2D eigenvalue weighted by Gasteiger charge is -2.24. The van der Waals surface area contributed by atoms with Crippen molar-refractivity contribution in [1.82, 2.24) is 15.1 Å². The lowest BCUT2D eigenvalue weighted by Crippen LogP contribution is -2.35. The van der Waals surface area contributed by atoms with E-state index in [1.165, 1.54) is 32.1 Å². The SMILES string of the molecule is CC(CNc1nnccc1C#N)N1CCCC1. The third-order valence-electron chi connectivity index (χ3n) is 3.17. The molecule has 1 aliphatic heterocycles. The first-order chi connectivity index (χ1) is 8.31. The fourth-order valence-corrected chi connectivity index (χ4v) is 2.11. The third-order valence-corrected chi connectivity index (χ3v) is 3.17. The highest BCUT2D eigenvalue weighted by Crippen LogP contribution is 2.13. The van der Waals surface area contributed by atoms with E-state index in [2.05, 4.69) is 33.4 Å². The number of hydrogen-bond donors (Lipinski definition) is 1. The predicted molar refractivity (Wildman–Crippen MR) is 65.5 cm³/mol. The van der Waals surface area contributed by atoms with Crippen LogP contribution in [0.4, 0.5) is 5.82 Å². The fourth-order valence-electron chi connectivity index (χ4n) is 2.11. The average Bonchev–Trinajstić information content (AvgIpc) is 2.90. The van der Waals surface area contributed by atoms with E-state index in [9.17, 15) is 0 Å². The van der Waals surface area contributed by atoms with Crippen LogP contribution in [-0.4, -0.2) is 40.8 Å². The van der Waals surface area contributed by atoms with Crippen molar-refractivity contribution in [1.29, 1.82) is 5.26 Å². The molecule has 0 spiro atoms. The van der Waals surface area contributed by atoms with Crippen molar-refractivity contribution in [2.75, 3.05) is 25.0 Å². The van der Waals surface area contributed by atoms with Gasteiger partial charge in [-0.15, -0.1) is 5.10 Å². The van der Waals surface area contributed by atoms with Crippen LogP contribution in [0.5, 0.6) is 0 Å². The van der Waals surface area contributed by atoms with Gasteiger partial charge in [-0.25, -0.2) is 0 Å². The topological polar surface area (TPSA) is 64.8 Å². The highest BCUT2D eigenvalue weighted by Gasteiger charge is 2.18. The first-order valence-electron chi connectivity index (χ1n) is 6.01. The summed E-state index contributed by atoms with van der Waals surface area (Å²) in [5.41, 5.74) is 0.550. The van der Waals surface area contributed by atoms with Crippen LogP contribution in [0.3, 0.4) is 0 Å². The van der Waals surface area contributed by atoms with Crippen molar-refractivity contribution in [2.24, 2.45) is 0 Å². The molecule has 1 unspecified atom stereocenters. The second-order valence-corrected chi connectivity index (χ2v) is 4.38. The Hall–Kier alpha value is -1.67. The van der Waals surface area contributed by atoms with E-state index in [1.54, 1.807) is 6.07 Å². The summed E-state index contributed by atoms with van der Waals surface area (Å²) in [6.07, 6.45) is 4.12. The van der Waals surface area contributed by atoms with E-state index in [0.717, 1.165) is 6.54 Å². The Labute approximate surface area is 101 Å². The minimum Gasteiger partial charge on any atom is -0.366 e. The van der Waals surface area contributed by atoms with E-state index >= 15 is 0 Å². The maximum absolute atomic E-state index is 8.93. The molecule has 5 nitrogen and oxygen atoms in total. The zero-order chi connectivity index (χ0) is 12.1. The largest absolute Gasteiger partial charge is 0.366 e. The lowest BCUT2D eigenvalue weighted by molar-refractivity contribution is 0.269. The van der Waals surface area contributed by atoms with E-state index in [4.69, 9.17) is 5.26 Å². The summed E-state index contributed by atoms with van der Waals surface area (Å²) in [6.45, 7) is 5.34. The molecule has 0 amide bonds. The zero-order valence-corrected chi connectivity index (χ0v) is 10.1. The third kappa shape index (κ3) is 2.92. The molecule has 5 heteroatoms. The summed E-state index contributed by atoms with van der Waals surface area (Å²) >= 11 is 0. The number of nitrogens with one attached hydrogen (secondary N) is 1. The lowest BCUT2D eigenvalue weighted by atomic mass is 10.2. The number of aromatic nitrogens is 2. The Kier molecular flexibility index (Phi) is 3.89. The summed E-state index contributed by atoms with van der Waals surface area (Å²) in [4.78, 5) is 2.45. The van der Waals surface area contributed by atoms with Gasteiger partial charge in [0.2, 0.25) is 0 Å². The number of hydrogen-bond acceptors (Lipinski definition) is 5. The molecule has 1 N–H and O–H groups in total. The Morgan fingerprint density at radius 1 is 1.53 bits per heavy atom. The Bertz CT molecular complexity index is 406. The number of anilines is 1. The van der Waals surface area contributed by atoms with Gasteiger partial charge in [0.05, 0.1) is 11.8 Å². The van der Waals surface area contributed by atoms with Crippen LogP contribution in [0.1, 0.15) is 25.3 Å². The van der Waals surface area contributed by atoms with Gasteiger partial charge in [0.1, 0.15) is 6.07 Å². The van der Waals surface area contributed by atoms with Gasteiger partial charge in [-0.3, -0.25) is 4.90 Å². The molecule has 2 rings (SSSR count). The van der Waals surface area contributed by atoms with Crippen LogP contribution in [0.15, 0.2) is 12.3 Å². The van der Waals surface area contributed by atoms with E-state index < -0.39 is 0 Å². The highest BCUT2D eigenvalue weighted by molar-refractivity contribution is 5.50. The summed E-state index contributed by atoms with van der Waals surface area (Å²) < 4.78 is 0. The molecule has 0 saturated carbocycles. The summed E-state index contributed by atoms with van der Waals surface area (Å²) in [6, 6.07) is 4.25. The molecule has 0 radical (unpaired) electrons. The maximum atomic E-state index is 8.93. The van der Waals surface area contributed by atoms with Gasteiger partial charge < -0.3 is 5.32 Å². The van der Waals surface area contributed by atoms with Gasteiger partial charge in [0.15, 0.2) is 5.82 Å². The number of nitriles is 1. The van der Waals surface area contributed by atoms with E-state index in [0.29, 0.717) is 17.4 Å².